The smallest absolute Gasteiger partial charge is 0.339 e. The molecule has 22 heavy (non-hydrogen) atoms. The normalized spacial score (nSPS) is 20.3. The first kappa shape index (κ1) is 14.3. The van der Waals surface area contributed by atoms with Gasteiger partial charge in [-0.2, -0.15) is 5.10 Å². The summed E-state index contributed by atoms with van der Waals surface area (Å²) in [6.45, 7) is 4.36. The van der Waals surface area contributed by atoms with E-state index < -0.39 is 5.97 Å². The van der Waals surface area contributed by atoms with E-state index in [1.807, 2.05) is 30.5 Å². The second-order valence-electron chi connectivity index (χ2n) is 5.22. The van der Waals surface area contributed by atoms with Gasteiger partial charge in [-0.3, -0.25) is 4.99 Å². The first-order valence-corrected chi connectivity index (χ1v) is 7.31. The first-order valence-electron chi connectivity index (χ1n) is 7.31. The molecule has 1 aromatic heterocycles. The maximum atomic E-state index is 11.5. The Morgan fingerprint density at radius 3 is 2.95 bits per heavy atom. The van der Waals surface area contributed by atoms with Gasteiger partial charge in [0.1, 0.15) is 5.56 Å². The van der Waals surface area contributed by atoms with Crippen molar-refractivity contribution in [2.45, 2.75) is 12.8 Å². The van der Waals surface area contributed by atoms with Gasteiger partial charge in [0.15, 0.2) is 0 Å². The van der Waals surface area contributed by atoms with E-state index in [0.717, 1.165) is 18.8 Å². The van der Waals surface area contributed by atoms with Crippen molar-refractivity contribution in [2.75, 3.05) is 19.6 Å². The van der Waals surface area contributed by atoms with Gasteiger partial charge < -0.3 is 10.0 Å². The monoisotopic (exact) mass is 298 g/mol. The molecule has 0 saturated heterocycles. The van der Waals surface area contributed by atoms with Crippen molar-refractivity contribution in [3.05, 3.63) is 48.0 Å². The SMILES string of the molecule is CCN1C=CC(n2cc(C(=O)O)c(C3C=CC=NC3)n2)=CC1. The number of rotatable bonds is 4. The molecule has 2 aliphatic heterocycles. The van der Waals surface area contributed by atoms with Crippen molar-refractivity contribution in [3.8, 4) is 0 Å². The number of hydrogen-bond acceptors (Lipinski definition) is 4. The number of likely N-dealkylation sites (N-methyl/N-ethyl adjacent to an activating group) is 1. The summed E-state index contributed by atoms with van der Waals surface area (Å²) >= 11 is 0. The minimum atomic E-state index is -0.959. The van der Waals surface area contributed by atoms with E-state index >= 15 is 0 Å². The highest BCUT2D eigenvalue weighted by atomic mass is 16.4. The molecule has 1 unspecified atom stereocenters. The topological polar surface area (TPSA) is 70.7 Å². The number of allylic oxidation sites excluding steroid dienone is 3. The number of aromatic carboxylic acids is 1. The highest BCUT2D eigenvalue weighted by molar-refractivity contribution is 5.89. The third-order valence-electron chi connectivity index (χ3n) is 3.82. The van der Waals surface area contributed by atoms with Gasteiger partial charge in [0.05, 0.1) is 17.9 Å². The van der Waals surface area contributed by atoms with Gasteiger partial charge in [-0.25, -0.2) is 9.48 Å². The minimum absolute atomic E-state index is 0.0855. The van der Waals surface area contributed by atoms with Crippen LogP contribution in [0.15, 0.2) is 41.7 Å². The van der Waals surface area contributed by atoms with Crippen molar-refractivity contribution in [1.82, 2.24) is 14.7 Å². The number of carboxylic acid groups (broad SMARTS) is 1. The molecule has 3 rings (SSSR count). The standard InChI is InChI=1S/C16H18N4O2/c1-2-19-8-5-13(6-9-19)20-11-14(16(21)22)15(18-20)12-4-3-7-17-10-12/h3-8,11-12H,2,9-10H2,1H3,(H,21,22). The van der Waals surface area contributed by atoms with Gasteiger partial charge in [0.25, 0.3) is 0 Å². The zero-order chi connectivity index (χ0) is 15.5. The predicted molar refractivity (Wildman–Crippen MR) is 85.1 cm³/mol. The highest BCUT2D eigenvalue weighted by Crippen LogP contribution is 2.24. The number of aromatic nitrogens is 2. The number of dihydropyridines is 1. The molecule has 0 bridgehead atoms. The van der Waals surface area contributed by atoms with Crippen molar-refractivity contribution < 1.29 is 9.90 Å². The average molecular weight is 298 g/mol. The van der Waals surface area contributed by atoms with Gasteiger partial charge >= 0.3 is 5.97 Å². The van der Waals surface area contributed by atoms with Gasteiger partial charge in [0, 0.05) is 37.6 Å². The summed E-state index contributed by atoms with van der Waals surface area (Å²) in [5, 5.41) is 13.9. The van der Waals surface area contributed by atoms with Crippen LogP contribution in [0, 0.1) is 0 Å². The van der Waals surface area contributed by atoms with Gasteiger partial charge in [0.2, 0.25) is 0 Å². The molecule has 1 atom stereocenters. The molecule has 0 aromatic carbocycles. The lowest BCUT2D eigenvalue weighted by atomic mass is 10.0. The van der Waals surface area contributed by atoms with E-state index in [2.05, 4.69) is 21.9 Å². The van der Waals surface area contributed by atoms with Crippen LogP contribution >= 0.6 is 0 Å². The number of aliphatic imine (C=N–C) groups is 1. The fourth-order valence-electron chi connectivity index (χ4n) is 2.54. The summed E-state index contributed by atoms with van der Waals surface area (Å²) in [5.74, 6) is -1.04. The Kier molecular flexibility index (Phi) is 3.91. The molecule has 0 fully saturated rings. The van der Waals surface area contributed by atoms with E-state index in [4.69, 9.17) is 0 Å². The van der Waals surface area contributed by atoms with Crippen molar-refractivity contribution >= 4 is 17.9 Å². The van der Waals surface area contributed by atoms with Crippen LogP contribution in [0.4, 0.5) is 0 Å². The largest absolute Gasteiger partial charge is 0.478 e. The molecule has 0 amide bonds. The Bertz CT molecular complexity index is 697. The zero-order valence-corrected chi connectivity index (χ0v) is 12.4. The van der Waals surface area contributed by atoms with Crippen molar-refractivity contribution in [1.29, 1.82) is 0 Å². The second-order valence-corrected chi connectivity index (χ2v) is 5.22. The maximum Gasteiger partial charge on any atom is 0.339 e. The van der Waals surface area contributed by atoms with E-state index in [9.17, 15) is 9.90 Å². The molecule has 6 nitrogen and oxygen atoms in total. The average Bonchev–Trinajstić information content (AvgIpc) is 3.01. The van der Waals surface area contributed by atoms with Gasteiger partial charge in [-0.15, -0.1) is 0 Å². The maximum absolute atomic E-state index is 11.5. The van der Waals surface area contributed by atoms with E-state index in [0.29, 0.717) is 12.2 Å². The molecule has 0 saturated carbocycles. The fraction of sp³-hybridized carbons (Fsp3) is 0.312. The van der Waals surface area contributed by atoms with Crippen LogP contribution in [0.3, 0.4) is 0 Å². The number of nitrogens with zero attached hydrogens (tertiary/aromatic N) is 4. The Morgan fingerprint density at radius 1 is 1.50 bits per heavy atom. The predicted octanol–water partition coefficient (Wildman–Crippen LogP) is 2.00. The summed E-state index contributed by atoms with van der Waals surface area (Å²) in [4.78, 5) is 17.8. The van der Waals surface area contributed by atoms with Crippen molar-refractivity contribution in [3.63, 3.8) is 0 Å². The second kappa shape index (κ2) is 6.01. The van der Waals surface area contributed by atoms with Crippen LogP contribution in [-0.2, 0) is 0 Å². The number of carboxylic acids is 1. The molecule has 2 aliphatic rings. The quantitative estimate of drug-likeness (QED) is 0.923. The van der Waals surface area contributed by atoms with Gasteiger partial charge in [-0.05, 0) is 25.2 Å². The lowest BCUT2D eigenvalue weighted by Gasteiger charge is -2.20. The minimum Gasteiger partial charge on any atom is -0.478 e. The molecule has 0 spiro atoms. The molecular formula is C16H18N4O2. The van der Waals surface area contributed by atoms with E-state index in [1.54, 1.807) is 17.1 Å². The Balaban J connectivity index is 1.92. The molecule has 0 radical (unpaired) electrons. The van der Waals surface area contributed by atoms with Crippen LogP contribution in [0.2, 0.25) is 0 Å². The highest BCUT2D eigenvalue weighted by Gasteiger charge is 2.23. The number of carbonyl (C=O) groups is 1. The lowest BCUT2D eigenvalue weighted by Crippen LogP contribution is -2.20. The van der Waals surface area contributed by atoms with Gasteiger partial charge in [-0.1, -0.05) is 6.08 Å². The third-order valence-corrected chi connectivity index (χ3v) is 3.82. The van der Waals surface area contributed by atoms with Crippen LogP contribution < -0.4 is 0 Å². The molecule has 3 heterocycles. The van der Waals surface area contributed by atoms with E-state index in [-0.39, 0.29) is 11.5 Å². The van der Waals surface area contributed by atoms with Crippen LogP contribution in [0.5, 0.6) is 0 Å². The third kappa shape index (κ3) is 2.72. The molecule has 6 heteroatoms. The summed E-state index contributed by atoms with van der Waals surface area (Å²) in [6, 6.07) is 0. The molecule has 114 valence electrons. The summed E-state index contributed by atoms with van der Waals surface area (Å²) < 4.78 is 1.65. The Morgan fingerprint density at radius 2 is 2.36 bits per heavy atom. The molecular weight excluding hydrogens is 280 g/mol. The van der Waals surface area contributed by atoms with Crippen LogP contribution in [-0.4, -0.2) is 51.6 Å². The lowest BCUT2D eigenvalue weighted by molar-refractivity contribution is 0.0695. The van der Waals surface area contributed by atoms with E-state index in [1.165, 1.54) is 0 Å². The first-order chi connectivity index (χ1) is 10.7. The Labute approximate surface area is 128 Å². The molecule has 1 aromatic rings. The summed E-state index contributed by atoms with van der Waals surface area (Å²) in [5.41, 5.74) is 1.69. The van der Waals surface area contributed by atoms with Crippen molar-refractivity contribution in [2.24, 2.45) is 4.99 Å². The summed E-state index contributed by atoms with van der Waals surface area (Å²) in [6.07, 6.45) is 13.1. The van der Waals surface area contributed by atoms with Crippen LogP contribution in [0.1, 0.15) is 28.9 Å². The summed E-state index contributed by atoms with van der Waals surface area (Å²) in [7, 11) is 0. The molecule has 1 N–H and O–H groups in total. The van der Waals surface area contributed by atoms with Crippen LogP contribution in [0.25, 0.3) is 5.70 Å². The zero-order valence-electron chi connectivity index (χ0n) is 12.4. The molecule has 0 aliphatic carbocycles. The fourth-order valence-corrected chi connectivity index (χ4v) is 2.54. The number of hydrogen-bond donors (Lipinski definition) is 1. The Hall–Kier alpha value is -2.63.